The summed E-state index contributed by atoms with van der Waals surface area (Å²) in [4.78, 5) is 19.9. The van der Waals surface area contributed by atoms with Gasteiger partial charge in [-0.1, -0.05) is 6.92 Å². The zero-order valence-electron chi connectivity index (χ0n) is 12.1. The minimum Gasteiger partial charge on any atom is -0.370 e. The molecule has 0 aromatic carbocycles. The van der Waals surface area contributed by atoms with Crippen LogP contribution in [0.2, 0.25) is 0 Å². The van der Waals surface area contributed by atoms with Crippen LogP contribution in [-0.2, 0) is 4.79 Å². The molecule has 0 saturated heterocycles. The minimum atomic E-state index is 0.0141. The molecule has 0 radical (unpaired) electrons. The molecule has 0 unspecified atom stereocenters. The zero-order valence-corrected chi connectivity index (χ0v) is 12.1. The van der Waals surface area contributed by atoms with Crippen molar-refractivity contribution in [2.24, 2.45) is 0 Å². The van der Waals surface area contributed by atoms with Crippen LogP contribution in [0.25, 0.3) is 0 Å². The van der Waals surface area contributed by atoms with Crippen molar-refractivity contribution in [3.8, 4) is 0 Å². The second-order valence-corrected chi connectivity index (χ2v) is 4.37. The van der Waals surface area contributed by atoms with Crippen LogP contribution in [0.3, 0.4) is 0 Å². The molecule has 1 heterocycles. The van der Waals surface area contributed by atoms with Crippen LogP contribution < -0.4 is 16.0 Å². The number of aromatic nitrogens is 2. The van der Waals surface area contributed by atoms with Gasteiger partial charge in [0.2, 0.25) is 5.91 Å². The standard InChI is InChI=1S/C13H23N5O/c1-5-7-15-12-9(2)13(18-10(3)17-12)16-8-6-11(19)14-4/h5-8H2,1-4H3,(H,14,19)(H2,15,16,17,18). The number of anilines is 2. The van der Waals surface area contributed by atoms with Crippen molar-refractivity contribution >= 4 is 17.5 Å². The average molecular weight is 265 g/mol. The Bertz CT molecular complexity index is 433. The monoisotopic (exact) mass is 265 g/mol. The quantitative estimate of drug-likeness (QED) is 0.695. The van der Waals surface area contributed by atoms with Gasteiger partial charge in [-0.15, -0.1) is 0 Å². The second-order valence-electron chi connectivity index (χ2n) is 4.37. The fraction of sp³-hybridized carbons (Fsp3) is 0.615. The topological polar surface area (TPSA) is 78.9 Å². The maximum atomic E-state index is 11.2. The van der Waals surface area contributed by atoms with Crippen LogP contribution in [0.1, 0.15) is 31.2 Å². The number of aryl methyl sites for hydroxylation is 1. The predicted molar refractivity (Wildman–Crippen MR) is 77.5 cm³/mol. The van der Waals surface area contributed by atoms with Crippen molar-refractivity contribution in [3.05, 3.63) is 11.4 Å². The van der Waals surface area contributed by atoms with Crippen molar-refractivity contribution in [3.63, 3.8) is 0 Å². The summed E-state index contributed by atoms with van der Waals surface area (Å²) < 4.78 is 0. The lowest BCUT2D eigenvalue weighted by atomic mass is 10.3. The van der Waals surface area contributed by atoms with Gasteiger partial charge in [-0.2, -0.15) is 0 Å². The molecule has 0 aliphatic carbocycles. The molecule has 0 spiro atoms. The average Bonchev–Trinajstić information content (AvgIpc) is 2.40. The zero-order chi connectivity index (χ0) is 14.3. The molecule has 0 bridgehead atoms. The molecule has 0 fully saturated rings. The number of hydrogen-bond donors (Lipinski definition) is 3. The van der Waals surface area contributed by atoms with Crippen molar-refractivity contribution in [1.82, 2.24) is 15.3 Å². The predicted octanol–water partition coefficient (Wildman–Crippen LogP) is 1.46. The summed E-state index contributed by atoms with van der Waals surface area (Å²) in [5.74, 6) is 2.37. The van der Waals surface area contributed by atoms with Gasteiger partial charge >= 0.3 is 0 Å². The number of carbonyl (C=O) groups excluding carboxylic acids is 1. The molecule has 106 valence electrons. The van der Waals surface area contributed by atoms with E-state index in [2.05, 4.69) is 32.8 Å². The van der Waals surface area contributed by atoms with Crippen molar-refractivity contribution in [2.75, 3.05) is 30.8 Å². The molecule has 1 amide bonds. The van der Waals surface area contributed by atoms with Gasteiger partial charge in [-0.05, 0) is 20.3 Å². The highest BCUT2D eigenvalue weighted by Crippen LogP contribution is 2.19. The summed E-state index contributed by atoms with van der Waals surface area (Å²) >= 11 is 0. The molecular weight excluding hydrogens is 242 g/mol. The van der Waals surface area contributed by atoms with Gasteiger partial charge in [0.25, 0.3) is 0 Å². The lowest BCUT2D eigenvalue weighted by Gasteiger charge is -2.13. The normalized spacial score (nSPS) is 10.1. The number of amides is 1. The summed E-state index contributed by atoms with van der Waals surface area (Å²) in [6.45, 7) is 7.39. The van der Waals surface area contributed by atoms with Crippen LogP contribution in [0.5, 0.6) is 0 Å². The molecule has 6 heteroatoms. The Hall–Kier alpha value is -1.85. The molecule has 1 aromatic heterocycles. The largest absolute Gasteiger partial charge is 0.370 e. The smallest absolute Gasteiger partial charge is 0.221 e. The molecule has 0 aliphatic heterocycles. The van der Waals surface area contributed by atoms with Crippen molar-refractivity contribution in [2.45, 2.75) is 33.6 Å². The third-order valence-electron chi connectivity index (χ3n) is 2.72. The van der Waals surface area contributed by atoms with Crippen LogP contribution in [0.15, 0.2) is 0 Å². The summed E-state index contributed by atoms with van der Waals surface area (Å²) in [5, 5.41) is 9.06. The SMILES string of the molecule is CCCNc1nc(C)nc(NCCC(=O)NC)c1C. The maximum absolute atomic E-state index is 11.2. The molecule has 1 aromatic rings. The third kappa shape index (κ3) is 4.73. The Morgan fingerprint density at radius 2 is 1.68 bits per heavy atom. The minimum absolute atomic E-state index is 0.0141. The first-order valence-corrected chi connectivity index (χ1v) is 6.62. The highest BCUT2D eigenvalue weighted by atomic mass is 16.1. The van der Waals surface area contributed by atoms with Crippen LogP contribution in [0.4, 0.5) is 11.6 Å². The van der Waals surface area contributed by atoms with E-state index in [0.717, 1.165) is 30.2 Å². The summed E-state index contributed by atoms with van der Waals surface area (Å²) in [7, 11) is 1.63. The molecule has 0 aliphatic rings. The number of nitrogens with zero attached hydrogens (tertiary/aromatic N) is 2. The molecule has 3 N–H and O–H groups in total. The maximum Gasteiger partial charge on any atom is 0.221 e. The van der Waals surface area contributed by atoms with Crippen LogP contribution in [-0.4, -0.2) is 36.0 Å². The van der Waals surface area contributed by atoms with E-state index >= 15 is 0 Å². The van der Waals surface area contributed by atoms with Gasteiger partial charge in [0.1, 0.15) is 17.5 Å². The lowest BCUT2D eigenvalue weighted by molar-refractivity contribution is -0.120. The van der Waals surface area contributed by atoms with E-state index in [4.69, 9.17) is 0 Å². The summed E-state index contributed by atoms with van der Waals surface area (Å²) in [5.41, 5.74) is 0.982. The molecule has 6 nitrogen and oxygen atoms in total. The Morgan fingerprint density at radius 1 is 1.11 bits per heavy atom. The Kier molecular flexibility index (Phi) is 6.05. The first-order chi connectivity index (χ1) is 9.08. The number of nitrogens with one attached hydrogen (secondary N) is 3. The second kappa shape index (κ2) is 7.56. The van der Waals surface area contributed by atoms with E-state index in [1.54, 1.807) is 7.05 Å². The van der Waals surface area contributed by atoms with E-state index < -0.39 is 0 Å². The number of rotatable bonds is 7. The molecular formula is C13H23N5O. The number of carbonyl (C=O) groups is 1. The van der Waals surface area contributed by atoms with Crippen molar-refractivity contribution in [1.29, 1.82) is 0 Å². The van der Waals surface area contributed by atoms with Gasteiger partial charge < -0.3 is 16.0 Å². The van der Waals surface area contributed by atoms with Gasteiger partial charge in [-0.3, -0.25) is 4.79 Å². The highest BCUT2D eigenvalue weighted by molar-refractivity contribution is 5.76. The first-order valence-electron chi connectivity index (χ1n) is 6.62. The van der Waals surface area contributed by atoms with E-state index in [1.807, 2.05) is 13.8 Å². The fourth-order valence-electron chi connectivity index (χ4n) is 1.64. The van der Waals surface area contributed by atoms with Gasteiger partial charge in [-0.25, -0.2) is 9.97 Å². The Balaban J connectivity index is 2.71. The summed E-state index contributed by atoms with van der Waals surface area (Å²) in [6.07, 6.45) is 1.47. The lowest BCUT2D eigenvalue weighted by Crippen LogP contribution is -2.21. The Morgan fingerprint density at radius 3 is 2.21 bits per heavy atom. The molecule has 0 saturated carbocycles. The summed E-state index contributed by atoms with van der Waals surface area (Å²) in [6, 6.07) is 0. The van der Waals surface area contributed by atoms with Crippen molar-refractivity contribution < 1.29 is 4.79 Å². The first kappa shape index (κ1) is 15.2. The number of hydrogen-bond acceptors (Lipinski definition) is 5. The molecule has 0 atom stereocenters. The van der Waals surface area contributed by atoms with Crippen LogP contribution in [0, 0.1) is 13.8 Å². The molecule has 1 rings (SSSR count). The van der Waals surface area contributed by atoms with E-state index in [-0.39, 0.29) is 5.91 Å². The Labute approximate surface area is 114 Å². The van der Waals surface area contributed by atoms with Gasteiger partial charge in [0, 0.05) is 32.1 Å². The third-order valence-corrected chi connectivity index (χ3v) is 2.72. The van der Waals surface area contributed by atoms with Gasteiger partial charge in [0.05, 0.1) is 0 Å². The fourth-order valence-corrected chi connectivity index (χ4v) is 1.64. The van der Waals surface area contributed by atoms with E-state index in [1.165, 1.54) is 0 Å². The van der Waals surface area contributed by atoms with Gasteiger partial charge in [0.15, 0.2) is 0 Å². The highest BCUT2D eigenvalue weighted by Gasteiger charge is 2.08. The molecule has 19 heavy (non-hydrogen) atoms. The van der Waals surface area contributed by atoms with Crippen LogP contribution >= 0.6 is 0 Å². The van der Waals surface area contributed by atoms with E-state index in [9.17, 15) is 4.79 Å². The van der Waals surface area contributed by atoms with E-state index in [0.29, 0.717) is 18.8 Å².